The normalized spacial score (nSPS) is 11.1. The molecule has 0 aromatic carbocycles. The third kappa shape index (κ3) is 4.44. The lowest BCUT2D eigenvalue weighted by Crippen LogP contribution is -2.31. The van der Waals surface area contributed by atoms with Crippen molar-refractivity contribution in [3.63, 3.8) is 0 Å². The summed E-state index contributed by atoms with van der Waals surface area (Å²) in [5.74, 6) is 1.98. The second kappa shape index (κ2) is 5.83. The van der Waals surface area contributed by atoms with Crippen LogP contribution in [0.4, 0.5) is 0 Å². The Morgan fingerprint density at radius 2 is 2.07 bits per heavy atom. The molecule has 14 heavy (non-hydrogen) atoms. The SMILES string of the molecule is Cc1ccc(CNCCNC(C)C)o1. The van der Waals surface area contributed by atoms with Crippen molar-refractivity contribution in [1.29, 1.82) is 0 Å². The molecule has 1 rings (SSSR count). The molecular weight excluding hydrogens is 176 g/mol. The van der Waals surface area contributed by atoms with Crippen LogP contribution in [0.3, 0.4) is 0 Å². The van der Waals surface area contributed by atoms with Gasteiger partial charge in [-0.05, 0) is 19.1 Å². The van der Waals surface area contributed by atoms with E-state index in [1.807, 2.05) is 19.1 Å². The largest absolute Gasteiger partial charge is 0.465 e. The molecule has 80 valence electrons. The predicted molar refractivity (Wildman–Crippen MR) is 58.3 cm³/mol. The molecule has 0 amide bonds. The Labute approximate surface area is 85.9 Å². The van der Waals surface area contributed by atoms with Gasteiger partial charge in [-0.25, -0.2) is 0 Å². The summed E-state index contributed by atoms with van der Waals surface area (Å²) >= 11 is 0. The summed E-state index contributed by atoms with van der Waals surface area (Å²) in [4.78, 5) is 0. The smallest absolute Gasteiger partial charge is 0.117 e. The van der Waals surface area contributed by atoms with Gasteiger partial charge in [-0.15, -0.1) is 0 Å². The van der Waals surface area contributed by atoms with Crippen molar-refractivity contribution >= 4 is 0 Å². The van der Waals surface area contributed by atoms with Crippen LogP contribution in [-0.4, -0.2) is 19.1 Å². The van der Waals surface area contributed by atoms with Crippen molar-refractivity contribution in [3.8, 4) is 0 Å². The second-order valence-electron chi connectivity index (χ2n) is 3.80. The number of aryl methyl sites for hydroxylation is 1. The summed E-state index contributed by atoms with van der Waals surface area (Å²) in [7, 11) is 0. The zero-order valence-corrected chi connectivity index (χ0v) is 9.26. The van der Waals surface area contributed by atoms with Gasteiger partial charge in [-0.3, -0.25) is 0 Å². The Kier molecular flexibility index (Phi) is 4.70. The lowest BCUT2D eigenvalue weighted by molar-refractivity contribution is 0.457. The van der Waals surface area contributed by atoms with Crippen molar-refractivity contribution in [2.45, 2.75) is 33.4 Å². The molecule has 0 unspecified atom stereocenters. The first kappa shape index (κ1) is 11.3. The van der Waals surface area contributed by atoms with E-state index in [0.29, 0.717) is 6.04 Å². The molecule has 3 nitrogen and oxygen atoms in total. The van der Waals surface area contributed by atoms with E-state index in [-0.39, 0.29) is 0 Å². The molecule has 1 heterocycles. The molecular formula is C11H20N2O. The highest BCUT2D eigenvalue weighted by molar-refractivity contribution is 5.04. The predicted octanol–water partition coefficient (Wildman–Crippen LogP) is 1.68. The average Bonchev–Trinajstić information content (AvgIpc) is 2.50. The molecule has 0 aliphatic carbocycles. The molecule has 0 fully saturated rings. The lowest BCUT2D eigenvalue weighted by Gasteiger charge is -2.07. The van der Waals surface area contributed by atoms with Crippen molar-refractivity contribution in [3.05, 3.63) is 23.7 Å². The van der Waals surface area contributed by atoms with E-state index in [9.17, 15) is 0 Å². The van der Waals surface area contributed by atoms with Gasteiger partial charge < -0.3 is 15.1 Å². The van der Waals surface area contributed by atoms with E-state index in [1.54, 1.807) is 0 Å². The first-order valence-corrected chi connectivity index (χ1v) is 5.18. The van der Waals surface area contributed by atoms with Crippen LogP contribution < -0.4 is 10.6 Å². The zero-order chi connectivity index (χ0) is 10.4. The molecule has 2 N–H and O–H groups in total. The third-order valence-corrected chi connectivity index (χ3v) is 1.95. The summed E-state index contributed by atoms with van der Waals surface area (Å²) < 4.78 is 5.43. The van der Waals surface area contributed by atoms with Crippen LogP contribution in [0.15, 0.2) is 16.5 Å². The highest BCUT2D eigenvalue weighted by atomic mass is 16.3. The maximum Gasteiger partial charge on any atom is 0.117 e. The second-order valence-corrected chi connectivity index (χ2v) is 3.80. The fraction of sp³-hybridized carbons (Fsp3) is 0.636. The molecule has 1 aromatic rings. The van der Waals surface area contributed by atoms with Crippen LogP contribution in [0, 0.1) is 6.92 Å². The highest BCUT2D eigenvalue weighted by Gasteiger charge is 1.97. The van der Waals surface area contributed by atoms with E-state index in [4.69, 9.17) is 4.42 Å². The summed E-state index contributed by atoms with van der Waals surface area (Å²) in [6.45, 7) is 9.04. The maximum atomic E-state index is 5.43. The molecule has 0 saturated carbocycles. The van der Waals surface area contributed by atoms with E-state index >= 15 is 0 Å². The Morgan fingerprint density at radius 1 is 1.29 bits per heavy atom. The van der Waals surface area contributed by atoms with Gasteiger partial charge in [0.1, 0.15) is 11.5 Å². The molecule has 1 aromatic heterocycles. The number of hydrogen-bond donors (Lipinski definition) is 2. The van der Waals surface area contributed by atoms with E-state index in [1.165, 1.54) is 0 Å². The minimum absolute atomic E-state index is 0.558. The van der Waals surface area contributed by atoms with Gasteiger partial charge in [-0.2, -0.15) is 0 Å². The van der Waals surface area contributed by atoms with Crippen molar-refractivity contribution in [1.82, 2.24) is 10.6 Å². The van der Waals surface area contributed by atoms with E-state index in [2.05, 4.69) is 24.5 Å². The van der Waals surface area contributed by atoms with Crippen LogP contribution in [0.1, 0.15) is 25.4 Å². The van der Waals surface area contributed by atoms with Gasteiger partial charge >= 0.3 is 0 Å². The fourth-order valence-corrected chi connectivity index (χ4v) is 1.24. The van der Waals surface area contributed by atoms with Gasteiger partial charge in [0, 0.05) is 19.1 Å². The van der Waals surface area contributed by atoms with E-state index in [0.717, 1.165) is 31.2 Å². The Hall–Kier alpha value is -0.800. The zero-order valence-electron chi connectivity index (χ0n) is 9.26. The van der Waals surface area contributed by atoms with Gasteiger partial charge in [0.05, 0.1) is 6.54 Å². The number of nitrogens with one attached hydrogen (secondary N) is 2. The van der Waals surface area contributed by atoms with Crippen LogP contribution in [0.25, 0.3) is 0 Å². The summed E-state index contributed by atoms with van der Waals surface area (Å²) in [6.07, 6.45) is 0. The minimum atomic E-state index is 0.558. The average molecular weight is 196 g/mol. The first-order chi connectivity index (χ1) is 6.68. The maximum absolute atomic E-state index is 5.43. The van der Waals surface area contributed by atoms with Gasteiger partial charge in [-0.1, -0.05) is 13.8 Å². The summed E-state index contributed by atoms with van der Waals surface area (Å²) in [5.41, 5.74) is 0. The Morgan fingerprint density at radius 3 is 2.64 bits per heavy atom. The van der Waals surface area contributed by atoms with Crippen molar-refractivity contribution in [2.24, 2.45) is 0 Å². The van der Waals surface area contributed by atoms with Crippen LogP contribution in [0.5, 0.6) is 0 Å². The van der Waals surface area contributed by atoms with Crippen molar-refractivity contribution < 1.29 is 4.42 Å². The van der Waals surface area contributed by atoms with Gasteiger partial charge in [0.15, 0.2) is 0 Å². The Bertz CT molecular complexity index is 256. The molecule has 3 heteroatoms. The number of furan rings is 1. The Balaban J connectivity index is 2.04. The monoisotopic (exact) mass is 196 g/mol. The fourth-order valence-electron chi connectivity index (χ4n) is 1.24. The molecule has 0 radical (unpaired) electrons. The van der Waals surface area contributed by atoms with Gasteiger partial charge in [0.25, 0.3) is 0 Å². The molecule has 0 aliphatic rings. The number of hydrogen-bond acceptors (Lipinski definition) is 3. The molecule has 0 saturated heterocycles. The standard InChI is InChI=1S/C11H20N2O/c1-9(2)13-7-6-12-8-11-5-4-10(3)14-11/h4-5,9,12-13H,6-8H2,1-3H3. The highest BCUT2D eigenvalue weighted by Crippen LogP contribution is 2.04. The van der Waals surface area contributed by atoms with Crippen molar-refractivity contribution in [2.75, 3.05) is 13.1 Å². The molecule has 0 bridgehead atoms. The quantitative estimate of drug-likeness (QED) is 0.680. The molecule has 0 atom stereocenters. The third-order valence-electron chi connectivity index (χ3n) is 1.95. The number of rotatable bonds is 6. The topological polar surface area (TPSA) is 37.2 Å². The molecule has 0 aliphatic heterocycles. The van der Waals surface area contributed by atoms with E-state index < -0.39 is 0 Å². The summed E-state index contributed by atoms with van der Waals surface area (Å²) in [5, 5.41) is 6.66. The van der Waals surface area contributed by atoms with Crippen LogP contribution >= 0.6 is 0 Å². The molecule has 0 spiro atoms. The van der Waals surface area contributed by atoms with Crippen LogP contribution in [0.2, 0.25) is 0 Å². The van der Waals surface area contributed by atoms with Gasteiger partial charge in [0.2, 0.25) is 0 Å². The van der Waals surface area contributed by atoms with Crippen LogP contribution in [-0.2, 0) is 6.54 Å². The summed E-state index contributed by atoms with van der Waals surface area (Å²) in [6, 6.07) is 4.56. The lowest BCUT2D eigenvalue weighted by atomic mass is 10.4. The minimum Gasteiger partial charge on any atom is -0.465 e. The first-order valence-electron chi connectivity index (χ1n) is 5.18.